The number of benzene rings is 1. The molecule has 0 atom stereocenters. The Kier molecular flexibility index (Phi) is 5.83. The highest BCUT2D eigenvalue weighted by Gasteiger charge is 2.19. The van der Waals surface area contributed by atoms with Gasteiger partial charge in [-0.15, -0.1) is 11.3 Å². The SMILES string of the molecule is COc1ccccc1CN(Cc1cccs1)C(=O)c1cncc(Br)c1. The number of methoxy groups -OCH3 is 1. The molecule has 1 aromatic carbocycles. The molecule has 2 aromatic heterocycles. The molecule has 6 heteroatoms. The summed E-state index contributed by atoms with van der Waals surface area (Å²) in [6, 6.07) is 13.6. The molecular formula is C19H17BrN2O2S. The molecule has 0 fully saturated rings. The third-order valence-electron chi connectivity index (χ3n) is 3.72. The first-order valence-corrected chi connectivity index (χ1v) is 9.38. The number of carbonyl (C=O) groups excluding carboxylic acids is 1. The minimum absolute atomic E-state index is 0.0619. The van der Waals surface area contributed by atoms with Gasteiger partial charge in [-0.05, 0) is 39.5 Å². The van der Waals surface area contributed by atoms with E-state index in [1.54, 1.807) is 36.9 Å². The summed E-state index contributed by atoms with van der Waals surface area (Å²) in [4.78, 5) is 20.1. The number of hydrogen-bond donors (Lipinski definition) is 0. The number of halogens is 1. The van der Waals surface area contributed by atoms with Crippen LogP contribution in [0, 0.1) is 0 Å². The van der Waals surface area contributed by atoms with Crippen molar-refractivity contribution in [3.05, 3.63) is 80.7 Å². The van der Waals surface area contributed by atoms with Gasteiger partial charge in [-0.2, -0.15) is 0 Å². The summed E-state index contributed by atoms with van der Waals surface area (Å²) in [6.07, 6.45) is 3.26. The lowest BCUT2D eigenvalue weighted by Crippen LogP contribution is -2.30. The quantitative estimate of drug-likeness (QED) is 0.581. The van der Waals surface area contributed by atoms with E-state index in [1.165, 1.54) is 0 Å². The summed E-state index contributed by atoms with van der Waals surface area (Å²) >= 11 is 5.02. The van der Waals surface area contributed by atoms with Crippen molar-refractivity contribution in [2.75, 3.05) is 7.11 Å². The number of ether oxygens (including phenoxy) is 1. The normalized spacial score (nSPS) is 10.5. The van der Waals surface area contributed by atoms with Crippen LogP contribution in [0.5, 0.6) is 5.75 Å². The molecule has 0 N–H and O–H groups in total. The van der Waals surface area contributed by atoms with Gasteiger partial charge in [-0.1, -0.05) is 24.3 Å². The van der Waals surface area contributed by atoms with Crippen molar-refractivity contribution in [1.82, 2.24) is 9.88 Å². The van der Waals surface area contributed by atoms with Crippen LogP contribution in [0.25, 0.3) is 0 Å². The van der Waals surface area contributed by atoms with Gasteiger partial charge in [0.05, 0.1) is 25.8 Å². The van der Waals surface area contributed by atoms with Crippen molar-refractivity contribution in [2.24, 2.45) is 0 Å². The summed E-state index contributed by atoms with van der Waals surface area (Å²) in [6.45, 7) is 1.01. The zero-order valence-corrected chi connectivity index (χ0v) is 16.1. The second kappa shape index (κ2) is 8.27. The van der Waals surface area contributed by atoms with E-state index in [-0.39, 0.29) is 5.91 Å². The zero-order chi connectivity index (χ0) is 17.6. The molecule has 128 valence electrons. The number of nitrogens with zero attached hydrogens (tertiary/aromatic N) is 2. The van der Waals surface area contributed by atoms with Crippen LogP contribution < -0.4 is 4.74 Å². The zero-order valence-electron chi connectivity index (χ0n) is 13.7. The van der Waals surface area contributed by atoms with Gasteiger partial charge in [-0.3, -0.25) is 9.78 Å². The van der Waals surface area contributed by atoms with Crippen molar-refractivity contribution < 1.29 is 9.53 Å². The van der Waals surface area contributed by atoms with Gasteiger partial charge in [0, 0.05) is 27.3 Å². The standard InChI is InChI=1S/C19H17BrN2O2S/c1-24-18-7-3-2-5-14(18)12-22(13-17-6-4-8-25-17)19(23)15-9-16(20)11-21-10-15/h2-11H,12-13H2,1H3. The van der Waals surface area contributed by atoms with Crippen molar-refractivity contribution in [1.29, 1.82) is 0 Å². The molecule has 0 unspecified atom stereocenters. The largest absolute Gasteiger partial charge is 0.496 e. The predicted molar refractivity (Wildman–Crippen MR) is 103 cm³/mol. The highest BCUT2D eigenvalue weighted by atomic mass is 79.9. The van der Waals surface area contributed by atoms with Gasteiger partial charge >= 0.3 is 0 Å². The molecule has 25 heavy (non-hydrogen) atoms. The Labute approximate surface area is 159 Å². The number of para-hydroxylation sites is 1. The second-order valence-corrected chi connectivity index (χ2v) is 7.39. The molecule has 0 saturated carbocycles. The molecule has 4 nitrogen and oxygen atoms in total. The van der Waals surface area contributed by atoms with Gasteiger partial charge in [0.15, 0.2) is 0 Å². The van der Waals surface area contributed by atoms with Crippen LogP contribution in [0.3, 0.4) is 0 Å². The molecule has 0 radical (unpaired) electrons. The molecular weight excluding hydrogens is 400 g/mol. The van der Waals surface area contributed by atoms with E-state index in [9.17, 15) is 4.79 Å². The van der Waals surface area contributed by atoms with Crippen LogP contribution in [0.1, 0.15) is 20.8 Å². The average Bonchev–Trinajstić information content (AvgIpc) is 3.14. The summed E-state index contributed by atoms with van der Waals surface area (Å²) in [7, 11) is 1.64. The molecule has 0 spiro atoms. The lowest BCUT2D eigenvalue weighted by molar-refractivity contribution is 0.0730. The lowest BCUT2D eigenvalue weighted by atomic mass is 10.1. The maximum atomic E-state index is 13.1. The second-order valence-electron chi connectivity index (χ2n) is 5.44. The smallest absolute Gasteiger partial charge is 0.256 e. The van der Waals surface area contributed by atoms with Crippen molar-refractivity contribution in [2.45, 2.75) is 13.1 Å². The number of amides is 1. The minimum Gasteiger partial charge on any atom is -0.496 e. The Morgan fingerprint density at radius 3 is 2.76 bits per heavy atom. The van der Waals surface area contributed by atoms with E-state index in [1.807, 2.05) is 46.7 Å². The van der Waals surface area contributed by atoms with Gasteiger partial charge in [0.25, 0.3) is 5.91 Å². The fourth-order valence-electron chi connectivity index (χ4n) is 2.54. The number of pyridine rings is 1. The fraction of sp³-hybridized carbons (Fsp3) is 0.158. The Morgan fingerprint density at radius 1 is 1.20 bits per heavy atom. The first-order chi connectivity index (χ1) is 12.2. The Morgan fingerprint density at radius 2 is 2.04 bits per heavy atom. The van der Waals surface area contributed by atoms with Crippen LogP contribution in [-0.4, -0.2) is 22.9 Å². The maximum Gasteiger partial charge on any atom is 0.256 e. The van der Waals surface area contributed by atoms with Crippen LogP contribution >= 0.6 is 27.3 Å². The highest BCUT2D eigenvalue weighted by molar-refractivity contribution is 9.10. The van der Waals surface area contributed by atoms with Gasteiger partial charge in [0.2, 0.25) is 0 Å². The molecule has 3 aromatic rings. The van der Waals surface area contributed by atoms with E-state index in [4.69, 9.17) is 4.74 Å². The summed E-state index contributed by atoms with van der Waals surface area (Å²) in [5.41, 5.74) is 1.53. The summed E-state index contributed by atoms with van der Waals surface area (Å²) < 4.78 is 6.21. The minimum atomic E-state index is -0.0619. The molecule has 0 aliphatic carbocycles. The molecule has 0 bridgehead atoms. The van der Waals surface area contributed by atoms with Gasteiger partial charge in [-0.25, -0.2) is 0 Å². The number of rotatable bonds is 6. The van der Waals surface area contributed by atoms with Gasteiger partial charge in [0.1, 0.15) is 5.75 Å². The lowest BCUT2D eigenvalue weighted by Gasteiger charge is -2.23. The maximum absolute atomic E-state index is 13.1. The monoisotopic (exact) mass is 416 g/mol. The predicted octanol–water partition coefficient (Wildman–Crippen LogP) is 4.76. The summed E-state index contributed by atoms with van der Waals surface area (Å²) in [5.74, 6) is 0.715. The number of hydrogen-bond acceptors (Lipinski definition) is 4. The Balaban J connectivity index is 1.90. The van der Waals surface area contributed by atoms with E-state index in [0.717, 1.165) is 20.7 Å². The van der Waals surface area contributed by atoms with Crippen molar-refractivity contribution in [3.63, 3.8) is 0 Å². The van der Waals surface area contributed by atoms with Crippen molar-refractivity contribution in [3.8, 4) is 5.75 Å². The summed E-state index contributed by atoms with van der Waals surface area (Å²) in [5, 5.41) is 2.02. The van der Waals surface area contributed by atoms with Crippen LogP contribution in [0.4, 0.5) is 0 Å². The number of aromatic nitrogens is 1. The molecule has 0 aliphatic heterocycles. The van der Waals surface area contributed by atoms with E-state index >= 15 is 0 Å². The molecule has 0 saturated heterocycles. The van der Waals surface area contributed by atoms with E-state index in [2.05, 4.69) is 20.9 Å². The molecule has 3 rings (SSSR count). The van der Waals surface area contributed by atoms with Gasteiger partial charge < -0.3 is 9.64 Å². The van der Waals surface area contributed by atoms with Crippen LogP contribution in [0.2, 0.25) is 0 Å². The fourth-order valence-corrected chi connectivity index (χ4v) is 3.63. The molecule has 2 heterocycles. The number of thiophene rings is 1. The van der Waals surface area contributed by atoms with E-state index < -0.39 is 0 Å². The highest BCUT2D eigenvalue weighted by Crippen LogP contribution is 2.23. The molecule has 1 amide bonds. The Hall–Kier alpha value is -2.18. The van der Waals surface area contributed by atoms with Crippen LogP contribution in [-0.2, 0) is 13.1 Å². The first kappa shape index (κ1) is 17.6. The molecule has 0 aliphatic rings. The first-order valence-electron chi connectivity index (χ1n) is 7.71. The van der Waals surface area contributed by atoms with E-state index in [0.29, 0.717) is 18.7 Å². The Bertz CT molecular complexity index is 852. The van der Waals surface area contributed by atoms with Crippen molar-refractivity contribution >= 4 is 33.2 Å². The number of carbonyl (C=O) groups is 1. The van der Waals surface area contributed by atoms with Crippen LogP contribution in [0.15, 0.2) is 64.7 Å². The average molecular weight is 417 g/mol. The third-order valence-corrected chi connectivity index (χ3v) is 5.01. The topological polar surface area (TPSA) is 42.4 Å². The third kappa shape index (κ3) is 4.46.